The van der Waals surface area contributed by atoms with Gasteiger partial charge >= 0.3 is 12.1 Å². The Labute approximate surface area is 862 Å². The lowest BCUT2D eigenvalue weighted by molar-refractivity contribution is -0.142. The molecule has 2 saturated heterocycles. The SMILES string of the molecule is CC(=O)N[C@@H](CCCNC(=N)N)C(=O)N[C@@H](CCCNC(=N)N)C(=O)N[C@@H](Cc1ccc2ccccc2c1)C(=O)N[C@H]1CSSCC(C(=O)N[C@@H](CCCNC(=N)N)C(N)=O)NC(=O)[C@H](CCCNC(N)=O)NC(=O)C(CCCNC(=N)N)NC(=O)[C@H](Cc2ccc(O)cc2)NC(=O)[C@@H]2CCCN2C(=O)C(CCCCN)NC(=O)[C@H](CCCNC(=N)N)NC(=O)C(CCCNC(N)=O)NC(=O)[C@H](Cc2ccc(O)cc2)NC1=O. The highest BCUT2D eigenvalue weighted by atomic mass is 33.1. The van der Waals surface area contributed by atoms with Gasteiger partial charge in [0.15, 0.2) is 29.8 Å². The molecule has 54 nitrogen and oxygen atoms in total. The second-order valence-corrected chi connectivity index (χ2v) is 37.9. The number of hydrogen-bond donors (Lipinski definition) is 36. The van der Waals surface area contributed by atoms with Crippen molar-refractivity contribution in [1.29, 1.82) is 27.0 Å². The van der Waals surface area contributed by atoms with E-state index in [-0.39, 0.29) is 197 Å². The maximum Gasteiger partial charge on any atom is 0.312 e. The Morgan fingerprint density at radius 2 is 0.777 bits per heavy atom. The number of fused-ring (bicyclic) bond motifs is 2. The van der Waals surface area contributed by atoms with Gasteiger partial charge in [-0.05, 0) is 180 Å². The van der Waals surface area contributed by atoms with Crippen molar-refractivity contribution in [3.05, 3.63) is 108 Å². The van der Waals surface area contributed by atoms with Crippen molar-refractivity contribution >= 4 is 163 Å². The molecule has 2 fully saturated rings. The normalized spacial score (nSPS) is 19.8. The Hall–Kier alpha value is -15.7. The van der Waals surface area contributed by atoms with Gasteiger partial charge in [-0.1, -0.05) is 88.3 Å². The summed E-state index contributed by atoms with van der Waals surface area (Å²) in [6.45, 7) is 0.595. The van der Waals surface area contributed by atoms with E-state index < -0.39 is 240 Å². The minimum absolute atomic E-state index is 0.00965. The third kappa shape index (κ3) is 45.3. The number of unbranched alkanes of at least 4 members (excludes halogenated alkanes) is 1. The van der Waals surface area contributed by atoms with Crippen LogP contribution in [-0.4, -0.2) is 301 Å². The van der Waals surface area contributed by atoms with E-state index >= 15 is 57.5 Å². The summed E-state index contributed by atoms with van der Waals surface area (Å²) in [5.74, 6) is -19.2. The van der Waals surface area contributed by atoms with Crippen molar-refractivity contribution in [3.8, 4) is 11.5 Å². The van der Waals surface area contributed by atoms with E-state index in [4.69, 9.17) is 78.6 Å². The molecule has 4 aromatic rings. The number of benzene rings is 4. The molecule has 19 amide bonds. The highest BCUT2D eigenvalue weighted by molar-refractivity contribution is 8.76. The molecule has 2 aliphatic heterocycles. The molecule has 812 valence electrons. The van der Waals surface area contributed by atoms with Crippen molar-refractivity contribution in [2.24, 2.45) is 51.6 Å². The van der Waals surface area contributed by atoms with Gasteiger partial charge in [0.2, 0.25) is 88.6 Å². The molecule has 0 aliphatic carbocycles. The van der Waals surface area contributed by atoms with Crippen molar-refractivity contribution in [2.75, 3.05) is 70.4 Å². The molecule has 2 aliphatic rings. The van der Waals surface area contributed by atoms with E-state index in [0.29, 0.717) is 22.9 Å². The molecule has 0 bridgehead atoms. The van der Waals surface area contributed by atoms with Crippen molar-refractivity contribution in [1.82, 2.24) is 111 Å². The minimum Gasteiger partial charge on any atom is -0.508 e. The number of primary amides is 3. The smallest absolute Gasteiger partial charge is 0.312 e. The summed E-state index contributed by atoms with van der Waals surface area (Å²) < 4.78 is 0. The number of aromatic hydroxyl groups is 2. The first-order chi connectivity index (χ1) is 70.5. The molecule has 4 aromatic carbocycles. The number of nitrogens with one attached hydrogen (secondary N) is 25. The molecule has 45 N–H and O–H groups in total. The van der Waals surface area contributed by atoms with Gasteiger partial charge in [0.1, 0.15) is 96.1 Å². The largest absolute Gasteiger partial charge is 0.508 e. The van der Waals surface area contributed by atoms with Gasteiger partial charge in [-0.3, -0.25) is 99.0 Å². The van der Waals surface area contributed by atoms with Gasteiger partial charge in [-0.15, -0.1) is 0 Å². The van der Waals surface area contributed by atoms with E-state index in [1.807, 2.05) is 6.07 Å². The molecule has 6 rings (SSSR count). The lowest BCUT2D eigenvalue weighted by Crippen LogP contribution is -2.61. The summed E-state index contributed by atoms with van der Waals surface area (Å²) in [6.07, 6.45) is -2.75. The van der Waals surface area contributed by atoms with E-state index in [0.717, 1.165) is 33.9 Å². The van der Waals surface area contributed by atoms with Gasteiger partial charge in [0.05, 0.1) is 0 Å². The fourth-order valence-electron chi connectivity index (χ4n) is 15.9. The second kappa shape index (κ2) is 64.3. The Morgan fingerprint density at radius 3 is 1.22 bits per heavy atom. The molecule has 0 aromatic heterocycles. The van der Waals surface area contributed by atoms with Crippen molar-refractivity contribution in [2.45, 2.75) is 233 Å². The number of urea groups is 2. The molecule has 4 unspecified atom stereocenters. The van der Waals surface area contributed by atoms with Gasteiger partial charge in [-0.25, -0.2) is 9.59 Å². The van der Waals surface area contributed by atoms with Gasteiger partial charge in [0, 0.05) is 90.0 Å². The average Bonchev–Trinajstić information content (AvgIpc) is 1.49. The number of carbonyl (C=O) groups excluding carboxylic acids is 17. The number of guanidine groups is 5. The standard InChI is InChI=1S/C92H143N35O19S2/c1-50(128)114-59(18-7-37-108-87(97)98)73(132)116-63(21-10-40-111-90(103)104)77(136)122-68(47-53-25-30-54-14-2-3-15-55(54)44-53)81(140)126-70-49-148-147-48-69(82(141)115-58(72(94)131)17-6-36-107-86(95)96)125-78(137)64(23-12-42-113-92(106)146)118-74(133)60(19-8-38-109-88(99)100)120-80(139)67(46-52-28-33-57(130)34-29-52)124-84(143)71-24-13-43-127(71)85(144)65(16-4-5-35-93)121-76(135)62(20-9-39-110-89(101)102)117-75(134)61(22-11-41-112-91(105)145)119-79(138)66(123-83(70)142)45-51-26-31-56(129)32-27-51/h2-3,14-15,25-34,44,58-71,129-130H,4-13,16-24,35-43,45-49,93H2,1H3,(H2,94,131)(H,114,128)(H,115,141)(H,116,132)(H,117,134)(H,118,133)(H,119,138)(H,120,139)(H,121,135)(H,122,136)(H,123,142)(H,124,143)(H,125,137)(H,126,140)(H4,95,96,107)(H4,97,98,108)(H4,99,100,109)(H4,101,102,110)(H4,103,104,111)(H3,105,112,145)(H3,106,113,146)/t58-,59-,60?,61?,62-,63-,64-,65?,66-,67-,68-,69?,70-,71-/m0/s1. The highest BCUT2D eigenvalue weighted by Gasteiger charge is 2.43. The van der Waals surface area contributed by atoms with E-state index in [9.17, 15) is 34.2 Å². The van der Waals surface area contributed by atoms with E-state index in [2.05, 4.69) is 106 Å². The second-order valence-electron chi connectivity index (χ2n) is 35.3. The van der Waals surface area contributed by atoms with Crippen molar-refractivity contribution in [3.63, 3.8) is 0 Å². The monoisotopic (exact) mass is 2110 g/mol. The van der Waals surface area contributed by atoms with Gasteiger partial charge in [-0.2, -0.15) is 0 Å². The Kier molecular flexibility index (Phi) is 52.5. The molecule has 0 saturated carbocycles. The van der Waals surface area contributed by atoms with E-state index in [1.165, 1.54) is 53.4 Å². The first kappa shape index (κ1) is 121. The number of amides is 19. The van der Waals surface area contributed by atoms with Crippen LogP contribution in [-0.2, 0) is 91.2 Å². The first-order valence-corrected chi connectivity index (χ1v) is 50.9. The Balaban J connectivity index is 1.64. The number of nitrogens with zero attached hydrogens (tertiary/aromatic N) is 1. The number of phenolic OH excluding ortho intramolecular Hbond substituents is 2. The Morgan fingerprint density at radius 1 is 0.399 bits per heavy atom. The average molecular weight is 2110 g/mol. The van der Waals surface area contributed by atoms with E-state index in [1.54, 1.807) is 36.4 Å². The summed E-state index contributed by atoms with van der Waals surface area (Å²) in [6, 6.07) is -2.20. The fraction of sp³-hybridized carbons (Fsp3) is 0.522. The molecular weight excluding hydrogens is 1960 g/mol. The van der Waals surface area contributed by atoms with Crippen LogP contribution in [0.3, 0.4) is 0 Å². The molecular formula is C92H143N35O19S2. The zero-order valence-corrected chi connectivity index (χ0v) is 84.0. The Bertz CT molecular complexity index is 5230. The summed E-state index contributed by atoms with van der Waals surface area (Å²) in [5, 5.41) is 114. The quantitative estimate of drug-likeness (QED) is 0.00845. The number of nitrogens with two attached hydrogens (primary N) is 9. The molecule has 0 spiro atoms. The van der Waals surface area contributed by atoms with Crippen molar-refractivity contribution < 1.29 is 91.7 Å². The van der Waals surface area contributed by atoms with Crippen LogP contribution in [0.5, 0.6) is 11.5 Å². The van der Waals surface area contributed by atoms with Crippen LogP contribution in [0.15, 0.2) is 91.0 Å². The van der Waals surface area contributed by atoms with Crippen LogP contribution in [0.25, 0.3) is 10.8 Å². The predicted octanol–water partition coefficient (Wildman–Crippen LogP) is -7.19. The third-order valence-corrected chi connectivity index (χ3v) is 25.9. The maximum absolute atomic E-state index is 16.1. The number of rotatable bonds is 48. The lowest BCUT2D eigenvalue weighted by atomic mass is 10.00. The summed E-state index contributed by atoms with van der Waals surface area (Å²) >= 11 is 0. The van der Waals surface area contributed by atoms with Crippen LogP contribution in [0, 0.1) is 27.0 Å². The predicted molar refractivity (Wildman–Crippen MR) is 553 cm³/mol. The summed E-state index contributed by atoms with van der Waals surface area (Å²) in [4.78, 5) is 252. The lowest BCUT2D eigenvalue weighted by Gasteiger charge is -2.31. The van der Waals surface area contributed by atoms with Crippen LogP contribution in [0.1, 0.15) is 146 Å². The molecule has 14 atom stereocenters. The third-order valence-electron chi connectivity index (χ3n) is 23.5. The summed E-state index contributed by atoms with van der Waals surface area (Å²) in [5.41, 5.74) is 51.9. The van der Waals surface area contributed by atoms with Crippen LogP contribution >= 0.6 is 21.6 Å². The fourth-order valence-corrected chi connectivity index (χ4v) is 18.2. The molecule has 0 radical (unpaired) electrons. The first-order valence-electron chi connectivity index (χ1n) is 48.4. The number of phenols is 2. The maximum atomic E-state index is 16.1. The van der Waals surface area contributed by atoms with Crippen LogP contribution < -0.4 is 158 Å². The summed E-state index contributed by atoms with van der Waals surface area (Å²) in [7, 11) is 1.46. The topological polar surface area (TPSA) is 928 Å². The number of hydrogen-bond acceptors (Lipinski definition) is 27. The van der Waals surface area contributed by atoms with Crippen LogP contribution in [0.2, 0.25) is 0 Å². The highest BCUT2D eigenvalue weighted by Crippen LogP contribution is 2.27. The zero-order valence-electron chi connectivity index (χ0n) is 82.4. The zero-order chi connectivity index (χ0) is 109. The molecule has 56 heteroatoms. The van der Waals surface area contributed by atoms with Gasteiger partial charge < -0.3 is 173 Å². The minimum atomic E-state index is -1.95. The molecule has 148 heavy (non-hydrogen) atoms. The number of carbonyl (C=O) groups is 17. The van der Waals surface area contributed by atoms with Gasteiger partial charge in [0.25, 0.3) is 0 Å². The molecule has 2 heterocycles. The van der Waals surface area contributed by atoms with Crippen LogP contribution in [0.4, 0.5) is 9.59 Å².